The van der Waals surface area contributed by atoms with Crippen molar-refractivity contribution in [3.63, 3.8) is 0 Å². The molecule has 0 unspecified atom stereocenters. The molecule has 5 heteroatoms. The van der Waals surface area contributed by atoms with E-state index in [1.54, 1.807) is 18.3 Å². The van der Waals surface area contributed by atoms with Gasteiger partial charge in [0, 0.05) is 31.2 Å². The summed E-state index contributed by atoms with van der Waals surface area (Å²) in [6.07, 6.45) is 1.71. The average Bonchev–Trinajstić information content (AvgIpc) is 2.94. The minimum atomic E-state index is -0.165. The standard InChI is InChI=1S/C14H17N3O2/c1-17(9-10-18)12-6-4-11(5-7-12)16-14(19)13-3-2-8-15-13/h2-8,15,18H,9-10H2,1H3,(H,16,19). The Hall–Kier alpha value is -2.27. The van der Waals surface area contributed by atoms with Crippen LogP contribution in [0.4, 0.5) is 11.4 Å². The summed E-state index contributed by atoms with van der Waals surface area (Å²) >= 11 is 0. The molecular formula is C14H17N3O2. The van der Waals surface area contributed by atoms with E-state index < -0.39 is 0 Å². The first-order valence-electron chi connectivity index (χ1n) is 6.07. The Labute approximate surface area is 111 Å². The summed E-state index contributed by atoms with van der Waals surface area (Å²) in [5.41, 5.74) is 2.26. The number of carbonyl (C=O) groups excluding carboxylic acids is 1. The molecule has 100 valence electrons. The first-order chi connectivity index (χ1) is 9.20. The number of amides is 1. The number of nitrogens with zero attached hydrogens (tertiary/aromatic N) is 1. The van der Waals surface area contributed by atoms with E-state index in [4.69, 9.17) is 5.11 Å². The highest BCUT2D eigenvalue weighted by molar-refractivity contribution is 6.02. The van der Waals surface area contributed by atoms with Gasteiger partial charge in [0.05, 0.1) is 6.61 Å². The van der Waals surface area contributed by atoms with Gasteiger partial charge in [-0.3, -0.25) is 4.79 Å². The van der Waals surface area contributed by atoms with Crippen molar-refractivity contribution in [3.05, 3.63) is 48.3 Å². The molecule has 0 spiro atoms. The molecule has 0 aliphatic heterocycles. The summed E-state index contributed by atoms with van der Waals surface area (Å²) in [5.74, 6) is -0.165. The van der Waals surface area contributed by atoms with E-state index in [9.17, 15) is 4.79 Å². The maximum absolute atomic E-state index is 11.8. The number of hydrogen-bond acceptors (Lipinski definition) is 3. The van der Waals surface area contributed by atoms with Gasteiger partial charge in [-0.05, 0) is 36.4 Å². The molecule has 0 bridgehead atoms. The number of nitrogens with one attached hydrogen (secondary N) is 2. The molecule has 5 nitrogen and oxygen atoms in total. The van der Waals surface area contributed by atoms with Crippen LogP contribution in [0.5, 0.6) is 0 Å². The number of carbonyl (C=O) groups is 1. The Morgan fingerprint density at radius 1 is 1.32 bits per heavy atom. The third kappa shape index (κ3) is 3.35. The lowest BCUT2D eigenvalue weighted by molar-refractivity contribution is 0.102. The molecule has 3 N–H and O–H groups in total. The van der Waals surface area contributed by atoms with Crippen molar-refractivity contribution in [2.45, 2.75) is 0 Å². The summed E-state index contributed by atoms with van der Waals surface area (Å²) in [6, 6.07) is 11.0. The number of aromatic nitrogens is 1. The highest BCUT2D eigenvalue weighted by atomic mass is 16.3. The smallest absolute Gasteiger partial charge is 0.272 e. The Morgan fingerprint density at radius 2 is 2.05 bits per heavy atom. The van der Waals surface area contributed by atoms with Crippen molar-refractivity contribution in [2.75, 3.05) is 30.4 Å². The van der Waals surface area contributed by atoms with Crippen LogP contribution in [0.3, 0.4) is 0 Å². The zero-order chi connectivity index (χ0) is 13.7. The summed E-state index contributed by atoms with van der Waals surface area (Å²) < 4.78 is 0. The summed E-state index contributed by atoms with van der Waals surface area (Å²) in [5, 5.41) is 11.7. The van der Waals surface area contributed by atoms with Gasteiger partial charge in [-0.25, -0.2) is 0 Å². The first kappa shape index (κ1) is 13.2. The summed E-state index contributed by atoms with van der Waals surface area (Å²) in [7, 11) is 1.91. The van der Waals surface area contributed by atoms with Crippen LogP contribution >= 0.6 is 0 Å². The highest BCUT2D eigenvalue weighted by Gasteiger charge is 2.06. The first-order valence-corrected chi connectivity index (χ1v) is 6.07. The van der Waals surface area contributed by atoms with Gasteiger partial charge in [-0.2, -0.15) is 0 Å². The van der Waals surface area contributed by atoms with Gasteiger partial charge in [0.1, 0.15) is 5.69 Å². The fourth-order valence-electron chi connectivity index (χ4n) is 1.75. The lowest BCUT2D eigenvalue weighted by Crippen LogP contribution is -2.21. The van der Waals surface area contributed by atoms with Gasteiger partial charge in [0.15, 0.2) is 0 Å². The van der Waals surface area contributed by atoms with Crippen LogP contribution in [0.25, 0.3) is 0 Å². The predicted octanol–water partition coefficient (Wildman–Crippen LogP) is 1.70. The van der Waals surface area contributed by atoms with E-state index in [1.165, 1.54) is 0 Å². The molecule has 0 aliphatic rings. The molecule has 1 aromatic heterocycles. The van der Waals surface area contributed by atoms with Crippen LogP contribution in [0.1, 0.15) is 10.5 Å². The van der Waals surface area contributed by atoms with Gasteiger partial charge < -0.3 is 20.3 Å². The number of likely N-dealkylation sites (N-methyl/N-ethyl adjacent to an activating group) is 1. The zero-order valence-electron chi connectivity index (χ0n) is 10.8. The molecule has 0 radical (unpaired) electrons. The van der Waals surface area contributed by atoms with Crippen LogP contribution in [0, 0.1) is 0 Å². The predicted molar refractivity (Wildman–Crippen MR) is 75.5 cm³/mol. The lowest BCUT2D eigenvalue weighted by Gasteiger charge is -2.18. The Kier molecular flexibility index (Phi) is 4.20. The molecule has 1 amide bonds. The van der Waals surface area contributed by atoms with E-state index in [-0.39, 0.29) is 12.5 Å². The molecule has 0 saturated heterocycles. The van der Waals surface area contributed by atoms with E-state index in [0.29, 0.717) is 12.2 Å². The SMILES string of the molecule is CN(CCO)c1ccc(NC(=O)c2ccc[nH]2)cc1. The molecule has 0 fully saturated rings. The number of aliphatic hydroxyl groups is 1. The van der Waals surface area contributed by atoms with E-state index in [0.717, 1.165) is 11.4 Å². The Morgan fingerprint density at radius 3 is 2.63 bits per heavy atom. The van der Waals surface area contributed by atoms with E-state index in [1.807, 2.05) is 36.2 Å². The van der Waals surface area contributed by atoms with Crippen molar-refractivity contribution in [1.29, 1.82) is 0 Å². The molecular weight excluding hydrogens is 242 g/mol. The van der Waals surface area contributed by atoms with Gasteiger partial charge in [0.25, 0.3) is 5.91 Å². The fraction of sp³-hybridized carbons (Fsp3) is 0.214. The largest absolute Gasteiger partial charge is 0.395 e. The molecule has 1 heterocycles. The van der Waals surface area contributed by atoms with Crippen molar-refractivity contribution in [2.24, 2.45) is 0 Å². The lowest BCUT2D eigenvalue weighted by atomic mass is 10.2. The molecule has 2 rings (SSSR count). The van der Waals surface area contributed by atoms with Crippen LogP contribution in [0.15, 0.2) is 42.6 Å². The van der Waals surface area contributed by atoms with Crippen LogP contribution in [0.2, 0.25) is 0 Å². The maximum atomic E-state index is 11.8. The molecule has 0 aliphatic carbocycles. The number of hydrogen-bond donors (Lipinski definition) is 3. The molecule has 1 aromatic carbocycles. The normalized spacial score (nSPS) is 10.2. The second-order valence-corrected chi connectivity index (χ2v) is 4.23. The number of aliphatic hydroxyl groups excluding tert-OH is 1. The molecule has 19 heavy (non-hydrogen) atoms. The van der Waals surface area contributed by atoms with E-state index >= 15 is 0 Å². The summed E-state index contributed by atoms with van der Waals surface area (Å²) in [4.78, 5) is 16.6. The second-order valence-electron chi connectivity index (χ2n) is 4.23. The number of aromatic amines is 1. The Balaban J connectivity index is 2.01. The quantitative estimate of drug-likeness (QED) is 0.765. The number of anilines is 2. The highest BCUT2D eigenvalue weighted by Crippen LogP contribution is 2.17. The second kappa shape index (κ2) is 6.06. The van der Waals surface area contributed by atoms with Crippen molar-refractivity contribution < 1.29 is 9.90 Å². The third-order valence-corrected chi connectivity index (χ3v) is 2.84. The average molecular weight is 259 g/mol. The van der Waals surface area contributed by atoms with E-state index in [2.05, 4.69) is 10.3 Å². The number of benzene rings is 1. The third-order valence-electron chi connectivity index (χ3n) is 2.84. The van der Waals surface area contributed by atoms with Crippen LogP contribution in [-0.4, -0.2) is 36.2 Å². The van der Waals surface area contributed by atoms with Gasteiger partial charge in [-0.15, -0.1) is 0 Å². The topological polar surface area (TPSA) is 68.4 Å². The van der Waals surface area contributed by atoms with Gasteiger partial charge in [-0.1, -0.05) is 0 Å². The number of rotatable bonds is 5. The van der Waals surface area contributed by atoms with Crippen LogP contribution < -0.4 is 10.2 Å². The maximum Gasteiger partial charge on any atom is 0.272 e. The van der Waals surface area contributed by atoms with Gasteiger partial charge in [0.2, 0.25) is 0 Å². The van der Waals surface area contributed by atoms with Crippen molar-refractivity contribution in [3.8, 4) is 0 Å². The minimum absolute atomic E-state index is 0.113. The van der Waals surface area contributed by atoms with Crippen LogP contribution in [-0.2, 0) is 0 Å². The molecule has 2 aromatic rings. The fourth-order valence-corrected chi connectivity index (χ4v) is 1.75. The molecule has 0 saturated carbocycles. The number of H-pyrrole nitrogens is 1. The zero-order valence-corrected chi connectivity index (χ0v) is 10.8. The Bertz CT molecular complexity index is 520. The monoisotopic (exact) mass is 259 g/mol. The summed E-state index contributed by atoms with van der Waals surface area (Å²) in [6.45, 7) is 0.690. The van der Waals surface area contributed by atoms with Crippen molar-refractivity contribution in [1.82, 2.24) is 4.98 Å². The van der Waals surface area contributed by atoms with Crippen molar-refractivity contribution >= 4 is 17.3 Å². The minimum Gasteiger partial charge on any atom is -0.395 e. The van der Waals surface area contributed by atoms with Gasteiger partial charge >= 0.3 is 0 Å². The molecule has 0 atom stereocenters.